The van der Waals surface area contributed by atoms with Crippen LogP contribution in [0.2, 0.25) is 5.02 Å². The molecule has 0 radical (unpaired) electrons. The number of halogens is 2. The molecule has 2 aromatic carbocycles. The second-order valence-electron chi connectivity index (χ2n) is 5.87. The maximum atomic E-state index is 11.9. The smallest absolute Gasteiger partial charge is 0.344 e. The summed E-state index contributed by atoms with van der Waals surface area (Å²) < 4.78 is 22.1. The van der Waals surface area contributed by atoms with Crippen LogP contribution < -0.4 is 19.6 Å². The molecule has 10 heteroatoms. The van der Waals surface area contributed by atoms with Crippen LogP contribution in [0.4, 0.5) is 0 Å². The Morgan fingerprint density at radius 1 is 1.06 bits per heavy atom. The van der Waals surface area contributed by atoms with Crippen molar-refractivity contribution in [3.63, 3.8) is 0 Å². The van der Waals surface area contributed by atoms with Gasteiger partial charge in [0.15, 0.2) is 24.7 Å². The predicted octanol–water partition coefficient (Wildman–Crippen LogP) is 3.81. The highest BCUT2D eigenvalue weighted by Crippen LogP contribution is 2.34. The van der Waals surface area contributed by atoms with E-state index in [2.05, 4.69) is 33.1 Å². The monoisotopic (exact) mass is 560 g/mol. The third kappa shape index (κ3) is 8.25. The number of benzene rings is 2. The van der Waals surface area contributed by atoms with Crippen LogP contribution in [0, 0.1) is 3.57 Å². The minimum absolute atomic E-state index is 0.223. The molecule has 0 atom stereocenters. The second kappa shape index (κ2) is 13.0. The Kier molecular flexibility index (Phi) is 10.4. The lowest BCUT2D eigenvalue weighted by Crippen LogP contribution is -2.24. The molecular formula is C21H22ClIN2O6. The normalized spacial score (nSPS) is 10.6. The van der Waals surface area contributed by atoms with Crippen molar-refractivity contribution < 1.29 is 28.5 Å². The molecule has 0 saturated carbocycles. The van der Waals surface area contributed by atoms with Crippen molar-refractivity contribution in [1.82, 2.24) is 5.43 Å². The van der Waals surface area contributed by atoms with Crippen LogP contribution >= 0.6 is 34.2 Å². The first-order valence-electron chi connectivity index (χ1n) is 9.38. The van der Waals surface area contributed by atoms with Gasteiger partial charge in [0.25, 0.3) is 5.91 Å². The van der Waals surface area contributed by atoms with Crippen molar-refractivity contribution in [2.75, 3.05) is 26.4 Å². The van der Waals surface area contributed by atoms with Gasteiger partial charge in [-0.1, -0.05) is 23.7 Å². The first-order valence-corrected chi connectivity index (χ1v) is 10.8. The standard InChI is InChI=1S/C21H22ClIN2O6/c1-3-28-18-10-14(9-16(23)21(18)31-13-20(27)29-4-2)11-24-25-19(26)12-30-17-8-6-5-7-15(17)22/h5-11H,3-4,12-13H2,1-2H3,(H,25,26)/b24-11-. The SMILES string of the molecule is CCOC(=O)COc1c(I)cc(/C=N\NC(=O)COc2ccccc2Cl)cc1OCC. The highest BCUT2D eigenvalue weighted by molar-refractivity contribution is 14.1. The van der Waals surface area contributed by atoms with E-state index in [9.17, 15) is 9.59 Å². The summed E-state index contributed by atoms with van der Waals surface area (Å²) in [5, 5.41) is 4.35. The van der Waals surface area contributed by atoms with E-state index >= 15 is 0 Å². The summed E-state index contributed by atoms with van der Waals surface area (Å²) in [4.78, 5) is 23.5. The number of hydrogen-bond acceptors (Lipinski definition) is 7. The number of amides is 1. The minimum Gasteiger partial charge on any atom is -0.490 e. The highest BCUT2D eigenvalue weighted by Gasteiger charge is 2.14. The third-order valence-corrected chi connectivity index (χ3v) is 4.68. The second-order valence-corrected chi connectivity index (χ2v) is 7.44. The van der Waals surface area contributed by atoms with Gasteiger partial charge in [-0.2, -0.15) is 5.10 Å². The number of para-hydroxylation sites is 1. The third-order valence-electron chi connectivity index (χ3n) is 3.57. The number of carbonyl (C=O) groups is 2. The van der Waals surface area contributed by atoms with Crippen LogP contribution in [0.1, 0.15) is 19.4 Å². The molecule has 1 N–H and O–H groups in total. The Balaban J connectivity index is 1.98. The summed E-state index contributed by atoms with van der Waals surface area (Å²) in [6.45, 7) is 3.79. The van der Waals surface area contributed by atoms with Crippen LogP contribution in [-0.2, 0) is 14.3 Å². The molecular weight excluding hydrogens is 539 g/mol. The fourth-order valence-corrected chi connectivity index (χ4v) is 3.29. The highest BCUT2D eigenvalue weighted by atomic mass is 127. The van der Waals surface area contributed by atoms with Crippen molar-refractivity contribution in [2.45, 2.75) is 13.8 Å². The molecule has 31 heavy (non-hydrogen) atoms. The zero-order valence-electron chi connectivity index (χ0n) is 17.0. The number of carbonyl (C=O) groups excluding carboxylic acids is 2. The Morgan fingerprint density at radius 2 is 1.84 bits per heavy atom. The lowest BCUT2D eigenvalue weighted by molar-refractivity contribution is -0.145. The van der Waals surface area contributed by atoms with E-state index in [1.807, 2.05) is 6.92 Å². The maximum Gasteiger partial charge on any atom is 0.344 e. The molecule has 0 heterocycles. The largest absolute Gasteiger partial charge is 0.490 e. The van der Waals surface area contributed by atoms with E-state index in [1.54, 1.807) is 43.3 Å². The van der Waals surface area contributed by atoms with Gasteiger partial charge in [-0.3, -0.25) is 4.79 Å². The lowest BCUT2D eigenvalue weighted by Gasteiger charge is -2.14. The lowest BCUT2D eigenvalue weighted by atomic mass is 10.2. The first-order chi connectivity index (χ1) is 14.9. The topological polar surface area (TPSA) is 95.5 Å². The molecule has 0 aliphatic rings. The Morgan fingerprint density at radius 3 is 2.55 bits per heavy atom. The molecule has 1 amide bonds. The maximum absolute atomic E-state index is 11.9. The van der Waals surface area contributed by atoms with Crippen molar-refractivity contribution in [3.8, 4) is 17.2 Å². The van der Waals surface area contributed by atoms with Gasteiger partial charge in [-0.05, 0) is 66.3 Å². The van der Waals surface area contributed by atoms with Gasteiger partial charge in [0, 0.05) is 0 Å². The number of nitrogens with one attached hydrogen (secondary N) is 1. The number of hydrazone groups is 1. The molecule has 0 aliphatic heterocycles. The average Bonchev–Trinajstić information content (AvgIpc) is 2.73. The van der Waals surface area contributed by atoms with Crippen molar-refractivity contribution in [1.29, 1.82) is 0 Å². The molecule has 0 spiro atoms. The molecule has 8 nitrogen and oxygen atoms in total. The zero-order chi connectivity index (χ0) is 22.6. The summed E-state index contributed by atoms with van der Waals surface area (Å²) in [6, 6.07) is 10.3. The molecule has 0 aliphatic carbocycles. The van der Waals surface area contributed by atoms with Crippen LogP contribution in [-0.4, -0.2) is 44.5 Å². The Bertz CT molecular complexity index is 938. The first kappa shape index (κ1) is 24.7. The molecule has 2 aromatic rings. The number of nitrogens with zero attached hydrogens (tertiary/aromatic N) is 1. The van der Waals surface area contributed by atoms with Crippen LogP contribution in [0.3, 0.4) is 0 Å². The van der Waals surface area contributed by atoms with E-state index in [-0.39, 0.29) is 19.8 Å². The van der Waals surface area contributed by atoms with Gasteiger partial charge in [-0.15, -0.1) is 0 Å². The molecule has 0 aromatic heterocycles. The molecule has 2 rings (SSSR count). The molecule has 0 saturated heterocycles. The van der Waals surface area contributed by atoms with E-state index in [0.717, 1.165) is 0 Å². The Hall–Kier alpha value is -2.53. The Labute approximate surface area is 199 Å². The van der Waals surface area contributed by atoms with Crippen molar-refractivity contribution >= 4 is 52.3 Å². The number of rotatable bonds is 11. The van der Waals surface area contributed by atoms with E-state index in [4.69, 9.17) is 30.5 Å². The van der Waals surface area contributed by atoms with Crippen LogP contribution in [0.25, 0.3) is 0 Å². The summed E-state index contributed by atoms with van der Waals surface area (Å²) in [5.41, 5.74) is 3.06. The fourth-order valence-electron chi connectivity index (χ4n) is 2.32. The fraction of sp³-hybridized carbons (Fsp3) is 0.286. The summed E-state index contributed by atoms with van der Waals surface area (Å²) in [5.74, 6) is 0.398. The number of hydrogen-bond donors (Lipinski definition) is 1. The number of ether oxygens (including phenoxy) is 4. The van der Waals surface area contributed by atoms with Gasteiger partial charge < -0.3 is 18.9 Å². The van der Waals surface area contributed by atoms with Gasteiger partial charge in [-0.25, -0.2) is 10.2 Å². The van der Waals surface area contributed by atoms with Crippen molar-refractivity contribution in [3.05, 3.63) is 50.6 Å². The summed E-state index contributed by atoms with van der Waals surface area (Å²) in [6.07, 6.45) is 1.47. The predicted molar refractivity (Wildman–Crippen MR) is 125 cm³/mol. The van der Waals surface area contributed by atoms with Crippen LogP contribution in [0.5, 0.6) is 17.2 Å². The van der Waals surface area contributed by atoms with E-state index < -0.39 is 11.9 Å². The molecule has 0 unspecified atom stereocenters. The molecule has 0 fully saturated rings. The van der Waals surface area contributed by atoms with E-state index in [1.165, 1.54) is 6.21 Å². The summed E-state index contributed by atoms with van der Waals surface area (Å²) >= 11 is 8.05. The molecule has 166 valence electrons. The van der Waals surface area contributed by atoms with Crippen molar-refractivity contribution in [2.24, 2.45) is 5.10 Å². The van der Waals surface area contributed by atoms with E-state index in [0.29, 0.717) is 38.0 Å². The zero-order valence-corrected chi connectivity index (χ0v) is 19.9. The molecule has 0 bridgehead atoms. The van der Waals surface area contributed by atoms with Crippen LogP contribution in [0.15, 0.2) is 41.5 Å². The van der Waals surface area contributed by atoms with Gasteiger partial charge in [0.2, 0.25) is 0 Å². The van der Waals surface area contributed by atoms with Gasteiger partial charge >= 0.3 is 5.97 Å². The quantitative estimate of drug-likeness (QED) is 0.194. The van der Waals surface area contributed by atoms with Gasteiger partial charge in [0.05, 0.1) is 28.0 Å². The minimum atomic E-state index is -0.465. The summed E-state index contributed by atoms with van der Waals surface area (Å²) in [7, 11) is 0. The average molecular weight is 561 g/mol. The van der Waals surface area contributed by atoms with Gasteiger partial charge in [0.1, 0.15) is 5.75 Å². The number of esters is 1.